The van der Waals surface area contributed by atoms with Gasteiger partial charge in [-0.05, 0) is 56.4 Å². The first-order chi connectivity index (χ1) is 8.52. The highest BCUT2D eigenvalue weighted by Crippen LogP contribution is 2.39. The van der Waals surface area contributed by atoms with Crippen molar-refractivity contribution in [3.63, 3.8) is 0 Å². The Labute approximate surface area is 113 Å². The molecular weight excluding hydrogens is 220 g/mol. The fourth-order valence-electron chi connectivity index (χ4n) is 4.34. The highest BCUT2D eigenvalue weighted by atomic mass is 15.2. The molecule has 5 unspecified atom stereocenters. The molecule has 2 heteroatoms. The second-order valence-electron chi connectivity index (χ2n) is 7.28. The summed E-state index contributed by atoms with van der Waals surface area (Å²) in [4.78, 5) is 2.80. The van der Waals surface area contributed by atoms with Crippen LogP contribution in [0.2, 0.25) is 0 Å². The monoisotopic (exact) mass is 252 g/mol. The number of hydrogen-bond donors (Lipinski definition) is 1. The lowest BCUT2D eigenvalue weighted by molar-refractivity contribution is 0.0533. The Morgan fingerprint density at radius 2 is 1.89 bits per heavy atom. The summed E-state index contributed by atoms with van der Waals surface area (Å²) in [6.07, 6.45) is 5.58. The van der Waals surface area contributed by atoms with Gasteiger partial charge in [-0.1, -0.05) is 27.2 Å². The van der Waals surface area contributed by atoms with Crippen LogP contribution in [0.5, 0.6) is 0 Å². The third-order valence-corrected chi connectivity index (χ3v) is 5.46. The van der Waals surface area contributed by atoms with Crippen LogP contribution in [0.3, 0.4) is 0 Å². The van der Waals surface area contributed by atoms with E-state index in [0.717, 1.165) is 42.3 Å². The van der Waals surface area contributed by atoms with E-state index in [1.54, 1.807) is 0 Å². The lowest BCUT2D eigenvalue weighted by Crippen LogP contribution is -2.47. The van der Waals surface area contributed by atoms with Crippen molar-refractivity contribution in [3.8, 4) is 0 Å². The minimum Gasteiger partial charge on any atom is -0.330 e. The third kappa shape index (κ3) is 2.91. The molecule has 2 fully saturated rings. The Bertz CT molecular complexity index is 264. The number of hydrogen-bond acceptors (Lipinski definition) is 2. The van der Waals surface area contributed by atoms with Gasteiger partial charge in [0.05, 0.1) is 0 Å². The molecule has 2 rings (SSSR count). The van der Waals surface area contributed by atoms with Gasteiger partial charge in [-0.25, -0.2) is 0 Å². The van der Waals surface area contributed by atoms with Crippen molar-refractivity contribution in [1.82, 2.24) is 4.90 Å². The van der Waals surface area contributed by atoms with Crippen molar-refractivity contribution in [3.05, 3.63) is 0 Å². The summed E-state index contributed by atoms with van der Waals surface area (Å²) in [5.74, 6) is 3.38. The largest absolute Gasteiger partial charge is 0.330 e. The summed E-state index contributed by atoms with van der Waals surface area (Å²) < 4.78 is 0. The van der Waals surface area contributed by atoms with Crippen LogP contribution < -0.4 is 5.73 Å². The van der Waals surface area contributed by atoms with Crippen LogP contribution in [0.1, 0.15) is 53.4 Å². The molecule has 1 heterocycles. The molecule has 0 spiro atoms. The zero-order valence-corrected chi connectivity index (χ0v) is 12.7. The molecule has 18 heavy (non-hydrogen) atoms. The van der Waals surface area contributed by atoms with Crippen molar-refractivity contribution < 1.29 is 0 Å². The fraction of sp³-hybridized carbons (Fsp3) is 1.00. The first kappa shape index (κ1) is 14.3. The smallest absolute Gasteiger partial charge is 0.0131 e. The topological polar surface area (TPSA) is 29.3 Å². The molecule has 2 nitrogen and oxygen atoms in total. The van der Waals surface area contributed by atoms with Gasteiger partial charge in [-0.15, -0.1) is 0 Å². The molecule has 0 aromatic heterocycles. The van der Waals surface area contributed by atoms with Crippen LogP contribution in [0.25, 0.3) is 0 Å². The van der Waals surface area contributed by atoms with E-state index in [1.807, 2.05) is 0 Å². The van der Waals surface area contributed by atoms with E-state index in [-0.39, 0.29) is 0 Å². The van der Waals surface area contributed by atoms with Crippen LogP contribution in [0.4, 0.5) is 0 Å². The second kappa shape index (κ2) is 5.92. The SMILES string of the molecule is CC1CCC(C(C)C)C(N2CC(CN)CC2C)C1. The zero-order chi connectivity index (χ0) is 13.3. The molecule has 1 aliphatic heterocycles. The highest BCUT2D eigenvalue weighted by molar-refractivity contribution is 4.94. The minimum absolute atomic E-state index is 0.741. The molecule has 2 N–H and O–H groups in total. The van der Waals surface area contributed by atoms with Gasteiger partial charge >= 0.3 is 0 Å². The van der Waals surface area contributed by atoms with Gasteiger partial charge in [0.15, 0.2) is 0 Å². The van der Waals surface area contributed by atoms with Crippen molar-refractivity contribution in [2.45, 2.75) is 65.5 Å². The summed E-state index contributed by atoms with van der Waals surface area (Å²) in [5.41, 5.74) is 5.88. The van der Waals surface area contributed by atoms with Gasteiger partial charge in [0.2, 0.25) is 0 Å². The average Bonchev–Trinajstić information content (AvgIpc) is 2.70. The standard InChI is InChI=1S/C16H32N2/c1-11(2)15-6-5-12(3)7-16(15)18-10-14(9-17)8-13(18)4/h11-16H,5-10,17H2,1-4H3. The Kier molecular flexibility index (Phi) is 4.71. The van der Waals surface area contributed by atoms with E-state index in [4.69, 9.17) is 5.73 Å². The van der Waals surface area contributed by atoms with Gasteiger partial charge in [-0.3, -0.25) is 4.90 Å². The van der Waals surface area contributed by atoms with Crippen molar-refractivity contribution >= 4 is 0 Å². The molecule has 2 aliphatic rings. The van der Waals surface area contributed by atoms with E-state index >= 15 is 0 Å². The van der Waals surface area contributed by atoms with Crippen molar-refractivity contribution in [2.75, 3.05) is 13.1 Å². The van der Waals surface area contributed by atoms with Gasteiger partial charge in [0, 0.05) is 18.6 Å². The molecule has 0 radical (unpaired) electrons. The maximum absolute atomic E-state index is 5.88. The fourth-order valence-corrected chi connectivity index (χ4v) is 4.34. The number of likely N-dealkylation sites (tertiary alicyclic amines) is 1. The maximum atomic E-state index is 5.88. The molecule has 0 amide bonds. The predicted molar refractivity (Wildman–Crippen MR) is 78.5 cm³/mol. The van der Waals surface area contributed by atoms with Crippen LogP contribution in [0.15, 0.2) is 0 Å². The van der Waals surface area contributed by atoms with Crippen LogP contribution in [0, 0.1) is 23.7 Å². The van der Waals surface area contributed by atoms with Crippen molar-refractivity contribution in [2.24, 2.45) is 29.4 Å². The molecule has 0 bridgehead atoms. The lowest BCUT2D eigenvalue weighted by atomic mass is 9.73. The molecular formula is C16H32N2. The molecule has 5 atom stereocenters. The van der Waals surface area contributed by atoms with Gasteiger partial charge < -0.3 is 5.73 Å². The van der Waals surface area contributed by atoms with E-state index < -0.39 is 0 Å². The second-order valence-corrected chi connectivity index (χ2v) is 7.28. The van der Waals surface area contributed by atoms with E-state index in [2.05, 4.69) is 32.6 Å². The lowest BCUT2D eigenvalue weighted by Gasteiger charge is -2.44. The third-order valence-electron chi connectivity index (χ3n) is 5.46. The summed E-state index contributed by atoms with van der Waals surface area (Å²) >= 11 is 0. The van der Waals surface area contributed by atoms with Gasteiger partial charge in [0.1, 0.15) is 0 Å². The summed E-state index contributed by atoms with van der Waals surface area (Å²) in [6.45, 7) is 11.8. The Morgan fingerprint density at radius 3 is 2.44 bits per heavy atom. The van der Waals surface area contributed by atoms with Gasteiger partial charge in [0.25, 0.3) is 0 Å². The molecule has 106 valence electrons. The van der Waals surface area contributed by atoms with E-state index in [1.165, 1.54) is 32.2 Å². The van der Waals surface area contributed by atoms with Crippen LogP contribution in [-0.4, -0.2) is 30.1 Å². The Hall–Kier alpha value is -0.0800. The Morgan fingerprint density at radius 1 is 1.17 bits per heavy atom. The molecule has 1 saturated carbocycles. The first-order valence-corrected chi connectivity index (χ1v) is 7.98. The Balaban J connectivity index is 2.08. The normalized spacial score (nSPS) is 42.7. The van der Waals surface area contributed by atoms with Gasteiger partial charge in [-0.2, -0.15) is 0 Å². The minimum atomic E-state index is 0.741. The maximum Gasteiger partial charge on any atom is 0.0131 e. The zero-order valence-electron chi connectivity index (χ0n) is 12.7. The predicted octanol–water partition coefficient (Wildman–Crippen LogP) is 3.12. The molecule has 0 aromatic rings. The van der Waals surface area contributed by atoms with E-state index in [9.17, 15) is 0 Å². The van der Waals surface area contributed by atoms with E-state index in [0.29, 0.717) is 0 Å². The number of rotatable bonds is 3. The summed E-state index contributed by atoms with van der Waals surface area (Å²) in [5, 5.41) is 0. The quantitative estimate of drug-likeness (QED) is 0.836. The van der Waals surface area contributed by atoms with Crippen LogP contribution >= 0.6 is 0 Å². The molecule has 1 aliphatic carbocycles. The number of nitrogens with zero attached hydrogens (tertiary/aromatic N) is 1. The summed E-state index contributed by atoms with van der Waals surface area (Å²) in [6, 6.07) is 1.57. The summed E-state index contributed by atoms with van der Waals surface area (Å²) in [7, 11) is 0. The van der Waals surface area contributed by atoms with Crippen molar-refractivity contribution in [1.29, 1.82) is 0 Å². The first-order valence-electron chi connectivity index (χ1n) is 7.98. The molecule has 1 saturated heterocycles. The average molecular weight is 252 g/mol. The number of nitrogens with two attached hydrogens (primary N) is 1. The van der Waals surface area contributed by atoms with Crippen LogP contribution in [-0.2, 0) is 0 Å². The molecule has 0 aromatic carbocycles. The highest BCUT2D eigenvalue weighted by Gasteiger charge is 2.40.